The summed E-state index contributed by atoms with van der Waals surface area (Å²) in [6.07, 6.45) is 4.31. The molecular weight excluding hydrogens is 244 g/mol. The minimum absolute atomic E-state index is 0.0475. The third-order valence-corrected chi connectivity index (χ3v) is 3.47. The Hall–Kier alpha value is -1.43. The van der Waals surface area contributed by atoms with Crippen molar-refractivity contribution in [2.45, 2.75) is 51.5 Å². The summed E-state index contributed by atoms with van der Waals surface area (Å²) in [4.78, 5) is 17.7. The van der Waals surface area contributed by atoms with Gasteiger partial charge in [-0.1, -0.05) is 31.8 Å². The van der Waals surface area contributed by atoms with Crippen molar-refractivity contribution < 1.29 is 9.32 Å². The average molecular weight is 266 g/mol. The van der Waals surface area contributed by atoms with Crippen LogP contribution in [0.4, 0.5) is 0 Å². The highest BCUT2D eigenvalue weighted by Gasteiger charge is 2.28. The van der Waals surface area contributed by atoms with Gasteiger partial charge in [0.25, 0.3) is 0 Å². The van der Waals surface area contributed by atoms with Gasteiger partial charge < -0.3 is 10.3 Å². The fraction of sp³-hybridized carbons (Fsp3) is 0.769. The Morgan fingerprint density at radius 2 is 2.26 bits per heavy atom. The van der Waals surface area contributed by atoms with Crippen LogP contribution in [-0.4, -0.2) is 34.0 Å². The van der Waals surface area contributed by atoms with Crippen molar-refractivity contribution in [1.82, 2.24) is 15.0 Å². The number of carbonyl (C=O) groups is 1. The first-order valence-electron chi connectivity index (χ1n) is 6.93. The van der Waals surface area contributed by atoms with Crippen LogP contribution in [0, 0.1) is 0 Å². The van der Waals surface area contributed by atoms with Gasteiger partial charge in [-0.05, 0) is 19.4 Å². The molecule has 1 atom stereocenters. The zero-order valence-electron chi connectivity index (χ0n) is 11.6. The third kappa shape index (κ3) is 3.53. The predicted molar refractivity (Wildman–Crippen MR) is 70.4 cm³/mol. The molecule has 0 spiro atoms. The number of amides is 1. The van der Waals surface area contributed by atoms with Crippen molar-refractivity contribution >= 4 is 5.91 Å². The van der Waals surface area contributed by atoms with E-state index in [0.717, 1.165) is 25.8 Å². The number of hydrogen-bond acceptors (Lipinski definition) is 5. The van der Waals surface area contributed by atoms with E-state index in [1.807, 2.05) is 13.8 Å². The molecular formula is C13H22N4O2. The van der Waals surface area contributed by atoms with Crippen molar-refractivity contribution in [3.8, 4) is 0 Å². The second kappa shape index (κ2) is 6.14. The van der Waals surface area contributed by atoms with Crippen molar-refractivity contribution in [2.24, 2.45) is 5.73 Å². The van der Waals surface area contributed by atoms with Gasteiger partial charge in [-0.15, -0.1) is 0 Å². The highest BCUT2D eigenvalue weighted by Crippen LogP contribution is 2.28. The smallest absolute Gasteiger partial charge is 0.231 e. The summed E-state index contributed by atoms with van der Waals surface area (Å²) in [5.74, 6) is 1.25. The van der Waals surface area contributed by atoms with Gasteiger partial charge in [-0.2, -0.15) is 4.98 Å². The van der Waals surface area contributed by atoms with Gasteiger partial charge in [0, 0.05) is 5.92 Å². The molecule has 1 saturated heterocycles. The van der Waals surface area contributed by atoms with E-state index in [-0.39, 0.29) is 24.4 Å². The largest absolute Gasteiger partial charge is 0.369 e. The van der Waals surface area contributed by atoms with Crippen molar-refractivity contribution in [1.29, 1.82) is 0 Å². The molecule has 106 valence electrons. The molecule has 0 unspecified atom stereocenters. The van der Waals surface area contributed by atoms with Gasteiger partial charge in [0.1, 0.15) is 0 Å². The lowest BCUT2D eigenvalue weighted by Crippen LogP contribution is -2.37. The quantitative estimate of drug-likeness (QED) is 0.894. The van der Waals surface area contributed by atoms with Crippen LogP contribution >= 0.6 is 0 Å². The first-order chi connectivity index (χ1) is 9.08. The molecule has 1 amide bonds. The Kier molecular flexibility index (Phi) is 4.52. The molecule has 2 N–H and O–H groups in total. The molecule has 2 rings (SSSR count). The topological polar surface area (TPSA) is 85.3 Å². The summed E-state index contributed by atoms with van der Waals surface area (Å²) in [6, 6.07) is 0.0475. The predicted octanol–water partition coefficient (Wildman–Crippen LogP) is 1.60. The highest BCUT2D eigenvalue weighted by atomic mass is 16.5. The average Bonchev–Trinajstić information content (AvgIpc) is 2.72. The van der Waals surface area contributed by atoms with E-state index in [9.17, 15) is 4.79 Å². The van der Waals surface area contributed by atoms with Crippen molar-refractivity contribution in [3.63, 3.8) is 0 Å². The number of likely N-dealkylation sites (tertiary alicyclic amines) is 1. The van der Waals surface area contributed by atoms with Gasteiger partial charge in [0.15, 0.2) is 5.82 Å². The Morgan fingerprint density at radius 3 is 2.89 bits per heavy atom. The van der Waals surface area contributed by atoms with Crippen LogP contribution in [0.1, 0.15) is 63.2 Å². The number of primary amides is 1. The number of hydrogen-bond donors (Lipinski definition) is 1. The summed E-state index contributed by atoms with van der Waals surface area (Å²) in [5.41, 5.74) is 5.32. The zero-order valence-corrected chi connectivity index (χ0v) is 11.6. The molecule has 0 bridgehead atoms. The first kappa shape index (κ1) is 14.0. The van der Waals surface area contributed by atoms with E-state index in [1.165, 1.54) is 6.42 Å². The van der Waals surface area contributed by atoms with Crippen LogP contribution in [0.2, 0.25) is 0 Å². The van der Waals surface area contributed by atoms with E-state index in [0.29, 0.717) is 11.7 Å². The molecule has 0 aromatic carbocycles. The maximum atomic E-state index is 11.2. The molecule has 19 heavy (non-hydrogen) atoms. The molecule has 1 fully saturated rings. The standard InChI is InChI=1S/C13H22N4O2/c1-9(2)13-15-12(16-19-13)10-6-4-3-5-7-17(10)8-11(14)18/h9-10H,3-8H2,1-2H3,(H2,14,18)/t10-/m0/s1. The minimum atomic E-state index is -0.306. The molecule has 6 heteroatoms. The van der Waals surface area contributed by atoms with E-state index < -0.39 is 0 Å². The molecule has 1 aliphatic rings. The maximum absolute atomic E-state index is 11.2. The summed E-state index contributed by atoms with van der Waals surface area (Å²) in [6.45, 7) is 5.16. The molecule has 0 saturated carbocycles. The Balaban J connectivity index is 2.18. The monoisotopic (exact) mass is 266 g/mol. The lowest BCUT2D eigenvalue weighted by atomic mass is 10.1. The SMILES string of the molecule is CC(C)c1nc([C@@H]2CCCCCN2CC(N)=O)no1. The number of aromatic nitrogens is 2. The van der Waals surface area contributed by atoms with Crippen LogP contribution in [0.15, 0.2) is 4.52 Å². The van der Waals surface area contributed by atoms with Crippen LogP contribution < -0.4 is 5.73 Å². The fourth-order valence-corrected chi connectivity index (χ4v) is 2.47. The molecule has 1 aromatic heterocycles. The minimum Gasteiger partial charge on any atom is -0.369 e. The Morgan fingerprint density at radius 1 is 1.47 bits per heavy atom. The number of carbonyl (C=O) groups excluding carboxylic acids is 1. The van der Waals surface area contributed by atoms with E-state index in [1.54, 1.807) is 0 Å². The highest BCUT2D eigenvalue weighted by molar-refractivity contribution is 5.75. The molecule has 0 aliphatic carbocycles. The second-order valence-corrected chi connectivity index (χ2v) is 5.45. The Labute approximate surface area is 113 Å². The third-order valence-electron chi connectivity index (χ3n) is 3.47. The molecule has 1 aliphatic heterocycles. The first-order valence-corrected chi connectivity index (χ1v) is 6.93. The Bertz CT molecular complexity index is 430. The normalized spacial score (nSPS) is 21.5. The lowest BCUT2D eigenvalue weighted by molar-refractivity contribution is -0.119. The number of rotatable bonds is 4. The lowest BCUT2D eigenvalue weighted by Gasteiger charge is -2.25. The van der Waals surface area contributed by atoms with Gasteiger partial charge in [0.05, 0.1) is 12.6 Å². The van der Waals surface area contributed by atoms with Crippen molar-refractivity contribution in [2.75, 3.05) is 13.1 Å². The molecule has 2 heterocycles. The van der Waals surface area contributed by atoms with E-state index >= 15 is 0 Å². The number of nitrogens with two attached hydrogens (primary N) is 1. The molecule has 1 aromatic rings. The van der Waals surface area contributed by atoms with Crippen LogP contribution in [-0.2, 0) is 4.79 Å². The van der Waals surface area contributed by atoms with Crippen LogP contribution in [0.3, 0.4) is 0 Å². The van der Waals surface area contributed by atoms with E-state index in [2.05, 4.69) is 15.0 Å². The summed E-state index contributed by atoms with van der Waals surface area (Å²) in [5, 5.41) is 4.08. The van der Waals surface area contributed by atoms with E-state index in [4.69, 9.17) is 10.3 Å². The van der Waals surface area contributed by atoms with Gasteiger partial charge >= 0.3 is 0 Å². The second-order valence-electron chi connectivity index (χ2n) is 5.45. The fourth-order valence-electron chi connectivity index (χ4n) is 2.47. The van der Waals surface area contributed by atoms with Gasteiger partial charge in [0.2, 0.25) is 11.8 Å². The number of nitrogens with zero attached hydrogens (tertiary/aromatic N) is 3. The zero-order chi connectivity index (χ0) is 13.8. The summed E-state index contributed by atoms with van der Waals surface area (Å²) < 4.78 is 5.27. The summed E-state index contributed by atoms with van der Waals surface area (Å²) in [7, 11) is 0. The van der Waals surface area contributed by atoms with Crippen LogP contribution in [0.25, 0.3) is 0 Å². The molecule has 6 nitrogen and oxygen atoms in total. The maximum Gasteiger partial charge on any atom is 0.231 e. The van der Waals surface area contributed by atoms with Crippen LogP contribution in [0.5, 0.6) is 0 Å². The van der Waals surface area contributed by atoms with Crippen molar-refractivity contribution in [3.05, 3.63) is 11.7 Å². The van der Waals surface area contributed by atoms with Gasteiger partial charge in [-0.25, -0.2) is 0 Å². The summed E-state index contributed by atoms with van der Waals surface area (Å²) >= 11 is 0. The van der Waals surface area contributed by atoms with Gasteiger partial charge in [-0.3, -0.25) is 9.69 Å². The molecule has 0 radical (unpaired) electrons.